The van der Waals surface area contributed by atoms with Crippen molar-refractivity contribution >= 4 is 38.6 Å². The van der Waals surface area contributed by atoms with E-state index in [2.05, 4.69) is 61.5 Å². The molecule has 0 atom stereocenters. The summed E-state index contributed by atoms with van der Waals surface area (Å²) in [5.41, 5.74) is -0.735. The Bertz CT molecular complexity index is 1220. The normalized spacial score (nSPS) is 10.3. The monoisotopic (exact) mass is 405 g/mol. The first-order valence-electron chi connectivity index (χ1n) is 8.72. The zero-order valence-corrected chi connectivity index (χ0v) is 15.7. The first-order valence-corrected chi connectivity index (χ1v) is 8.72. The fraction of sp³-hybridized carbons (Fsp3) is 0.0476. The van der Waals surface area contributed by atoms with Gasteiger partial charge in [0.2, 0.25) is 0 Å². The summed E-state index contributed by atoms with van der Waals surface area (Å²) < 4.78 is 0. The van der Waals surface area contributed by atoms with Gasteiger partial charge in [-0.1, -0.05) is 60.2 Å². The highest BCUT2D eigenvalue weighted by atomic mass is 16.6. The van der Waals surface area contributed by atoms with E-state index >= 15 is 0 Å². The molecule has 30 heavy (non-hydrogen) atoms. The predicted octanol–water partition coefficient (Wildman–Crippen LogP) is 5.71. The second-order valence-electron chi connectivity index (χ2n) is 6.49. The van der Waals surface area contributed by atoms with Crippen LogP contribution < -0.4 is 0 Å². The number of nitrogens with zero attached hydrogens (tertiary/aromatic N) is 3. The summed E-state index contributed by atoms with van der Waals surface area (Å²) in [5.74, 6) is 0. The Labute approximate surface area is 169 Å². The van der Waals surface area contributed by atoms with Crippen LogP contribution >= 0.6 is 0 Å². The van der Waals surface area contributed by atoms with Gasteiger partial charge < -0.3 is 0 Å². The highest BCUT2D eigenvalue weighted by molar-refractivity contribution is 6.07. The second-order valence-corrected chi connectivity index (χ2v) is 6.49. The fourth-order valence-corrected chi connectivity index (χ4v) is 3.01. The van der Waals surface area contributed by atoms with Gasteiger partial charge in [-0.2, -0.15) is 0 Å². The summed E-state index contributed by atoms with van der Waals surface area (Å²) in [6.45, 7) is 2.14. The molecule has 0 heterocycles. The highest BCUT2D eigenvalue weighted by Gasteiger charge is 2.21. The summed E-state index contributed by atoms with van der Waals surface area (Å²) in [6.07, 6.45) is 0. The Morgan fingerprint density at radius 3 is 1.50 bits per heavy atom. The number of hydrogen-bond donors (Lipinski definition) is 0. The van der Waals surface area contributed by atoms with Crippen LogP contribution in [0.3, 0.4) is 0 Å². The van der Waals surface area contributed by atoms with Gasteiger partial charge in [-0.25, -0.2) is 0 Å². The topological polar surface area (TPSA) is 129 Å². The van der Waals surface area contributed by atoms with Gasteiger partial charge in [0.05, 0.1) is 33.0 Å². The van der Waals surface area contributed by atoms with Gasteiger partial charge in [-0.3, -0.25) is 30.3 Å². The van der Waals surface area contributed by atoms with Gasteiger partial charge in [0, 0.05) is 0 Å². The third kappa shape index (κ3) is 4.36. The van der Waals surface area contributed by atoms with Gasteiger partial charge in [0.25, 0.3) is 17.1 Å². The number of nitro benzene ring substituents is 3. The van der Waals surface area contributed by atoms with E-state index in [1.807, 2.05) is 0 Å². The largest absolute Gasteiger partial charge is 0.283 e. The average Bonchev–Trinajstić information content (AvgIpc) is 2.73. The molecule has 0 unspecified atom stereocenters. The molecule has 0 bridgehead atoms. The molecule has 0 spiro atoms. The van der Waals surface area contributed by atoms with Crippen molar-refractivity contribution in [3.63, 3.8) is 0 Å². The van der Waals surface area contributed by atoms with E-state index in [9.17, 15) is 30.3 Å². The molecular weight excluding hydrogens is 390 g/mol. The van der Waals surface area contributed by atoms with Crippen LogP contribution in [0.5, 0.6) is 0 Å². The number of rotatable bonds is 3. The maximum atomic E-state index is 10.3. The summed E-state index contributed by atoms with van der Waals surface area (Å²) in [5, 5.41) is 36.3. The van der Waals surface area contributed by atoms with Crippen molar-refractivity contribution in [1.29, 1.82) is 0 Å². The summed E-state index contributed by atoms with van der Waals surface area (Å²) in [6, 6.07) is 21.5. The Hall–Kier alpha value is -4.40. The fourth-order valence-electron chi connectivity index (χ4n) is 3.01. The van der Waals surface area contributed by atoms with E-state index in [0.29, 0.717) is 18.2 Å². The second kappa shape index (κ2) is 8.31. The smallest absolute Gasteiger partial charge is 0.258 e. The van der Waals surface area contributed by atoms with E-state index in [0.717, 1.165) is 0 Å². The Morgan fingerprint density at radius 1 is 0.567 bits per heavy atom. The quantitative estimate of drug-likeness (QED) is 0.244. The highest BCUT2D eigenvalue weighted by Crippen LogP contribution is 2.27. The Kier molecular flexibility index (Phi) is 5.63. The molecule has 0 radical (unpaired) electrons. The van der Waals surface area contributed by atoms with E-state index in [1.54, 1.807) is 0 Å². The molecule has 9 heteroatoms. The van der Waals surface area contributed by atoms with Gasteiger partial charge in [-0.15, -0.1) is 0 Å². The zero-order valence-electron chi connectivity index (χ0n) is 15.7. The van der Waals surface area contributed by atoms with Gasteiger partial charge in [-0.05, 0) is 28.5 Å². The summed E-state index contributed by atoms with van der Waals surface area (Å²) in [7, 11) is 0. The van der Waals surface area contributed by atoms with Crippen LogP contribution in [0.4, 0.5) is 17.1 Å². The molecule has 0 aliphatic rings. The van der Waals surface area contributed by atoms with Crippen molar-refractivity contribution in [3.05, 3.63) is 109 Å². The minimum atomic E-state index is -0.931. The Balaban J connectivity index is 0.000000171. The SMILES string of the molecule is Cc1ccc2ccc3ccccc3c2c1.O=[N+]([O-])c1cc([N+](=O)[O-])cc([N+](=O)[O-])c1. The van der Waals surface area contributed by atoms with Crippen molar-refractivity contribution in [2.24, 2.45) is 0 Å². The standard InChI is InChI=1S/C15H12.C6H3N3O6/c1-11-6-7-13-9-8-12-4-2-3-5-14(12)15(13)10-11;10-7(11)4-1-5(8(12)13)3-6(2-4)9(14)15/h2-10H,1H3;1-3H. The average molecular weight is 405 g/mol. The summed E-state index contributed by atoms with van der Waals surface area (Å²) >= 11 is 0. The molecule has 4 aromatic carbocycles. The lowest BCUT2D eigenvalue weighted by molar-refractivity contribution is -0.403. The van der Waals surface area contributed by atoms with Gasteiger partial charge >= 0.3 is 0 Å². The molecule has 9 nitrogen and oxygen atoms in total. The van der Waals surface area contributed by atoms with Crippen LogP contribution in [-0.4, -0.2) is 14.8 Å². The number of hydrogen-bond acceptors (Lipinski definition) is 6. The number of benzene rings is 4. The zero-order chi connectivity index (χ0) is 21.8. The van der Waals surface area contributed by atoms with E-state index < -0.39 is 31.8 Å². The van der Waals surface area contributed by atoms with Crippen molar-refractivity contribution in [1.82, 2.24) is 0 Å². The van der Waals surface area contributed by atoms with E-state index in [4.69, 9.17) is 0 Å². The molecule has 0 aromatic heterocycles. The number of non-ortho nitro benzene ring substituents is 3. The van der Waals surface area contributed by atoms with E-state index in [1.165, 1.54) is 27.1 Å². The molecule has 0 aliphatic carbocycles. The molecule has 0 amide bonds. The molecular formula is C21H15N3O6. The molecule has 0 saturated heterocycles. The summed E-state index contributed by atoms with van der Waals surface area (Å²) in [4.78, 5) is 28.1. The van der Waals surface area contributed by atoms with Gasteiger partial charge in [0.1, 0.15) is 0 Å². The van der Waals surface area contributed by atoms with Crippen LogP contribution in [-0.2, 0) is 0 Å². The molecule has 4 rings (SSSR count). The van der Waals surface area contributed by atoms with Crippen molar-refractivity contribution in [2.45, 2.75) is 6.92 Å². The molecule has 0 fully saturated rings. The van der Waals surface area contributed by atoms with Crippen molar-refractivity contribution < 1.29 is 14.8 Å². The van der Waals surface area contributed by atoms with Crippen LogP contribution in [0.1, 0.15) is 5.56 Å². The van der Waals surface area contributed by atoms with Crippen LogP contribution in [0, 0.1) is 37.3 Å². The number of fused-ring (bicyclic) bond motifs is 3. The third-order valence-electron chi connectivity index (χ3n) is 4.42. The molecule has 4 aromatic rings. The lowest BCUT2D eigenvalue weighted by Crippen LogP contribution is -1.96. The first kappa shape index (κ1) is 20.3. The van der Waals surface area contributed by atoms with Crippen molar-refractivity contribution in [3.8, 4) is 0 Å². The van der Waals surface area contributed by atoms with Crippen LogP contribution in [0.2, 0.25) is 0 Å². The maximum absolute atomic E-state index is 10.3. The minimum Gasteiger partial charge on any atom is -0.258 e. The third-order valence-corrected chi connectivity index (χ3v) is 4.42. The van der Waals surface area contributed by atoms with E-state index in [-0.39, 0.29) is 0 Å². The molecule has 0 N–H and O–H groups in total. The lowest BCUT2D eigenvalue weighted by atomic mass is 10.0. The van der Waals surface area contributed by atoms with Gasteiger partial charge in [0.15, 0.2) is 0 Å². The Morgan fingerprint density at radius 2 is 1.00 bits per heavy atom. The lowest BCUT2D eigenvalue weighted by Gasteiger charge is -2.04. The van der Waals surface area contributed by atoms with Crippen LogP contribution in [0.25, 0.3) is 21.5 Å². The number of aryl methyl sites for hydroxylation is 1. The van der Waals surface area contributed by atoms with Crippen molar-refractivity contribution in [2.75, 3.05) is 0 Å². The molecule has 150 valence electrons. The predicted molar refractivity (Wildman–Crippen MR) is 113 cm³/mol. The first-order chi connectivity index (χ1) is 14.3. The van der Waals surface area contributed by atoms with Crippen LogP contribution in [0.15, 0.2) is 72.8 Å². The number of nitro groups is 3. The molecule has 0 aliphatic heterocycles. The minimum absolute atomic E-state index is 0.660. The maximum Gasteiger partial charge on any atom is 0.283 e. The molecule has 0 saturated carbocycles.